The molecule has 0 atom stereocenters. The molecular formula is C14H22Cl2N4O3. The van der Waals surface area contributed by atoms with Gasteiger partial charge >= 0.3 is 0 Å². The lowest BCUT2D eigenvalue weighted by Gasteiger charge is -2.36. The van der Waals surface area contributed by atoms with Gasteiger partial charge in [-0.2, -0.15) is 0 Å². The smallest absolute Gasteiger partial charge is 0.271 e. The van der Waals surface area contributed by atoms with E-state index in [1.165, 1.54) is 6.07 Å². The van der Waals surface area contributed by atoms with E-state index < -0.39 is 0 Å². The van der Waals surface area contributed by atoms with E-state index in [2.05, 4.69) is 10.2 Å². The first-order chi connectivity index (χ1) is 10.1. The van der Waals surface area contributed by atoms with E-state index in [1.54, 1.807) is 12.1 Å². The fourth-order valence-electron chi connectivity index (χ4n) is 2.41. The molecule has 1 saturated heterocycles. The quantitative estimate of drug-likeness (QED) is 0.635. The number of rotatable bonds is 5. The van der Waals surface area contributed by atoms with Crippen LogP contribution >= 0.6 is 24.8 Å². The summed E-state index contributed by atoms with van der Waals surface area (Å²) in [4.78, 5) is 26.3. The van der Waals surface area contributed by atoms with Gasteiger partial charge in [0.15, 0.2) is 0 Å². The van der Waals surface area contributed by atoms with E-state index in [4.69, 9.17) is 0 Å². The predicted octanol–water partition coefficient (Wildman–Crippen LogP) is 1.70. The SMILES string of the molecule is CNCCC(=O)N1CCN(c2cccc([N+](=O)[O-])c2)CC1.Cl.Cl. The second kappa shape index (κ2) is 10.3. The van der Waals surface area contributed by atoms with Crippen LogP contribution in [0.5, 0.6) is 0 Å². The number of carbonyl (C=O) groups is 1. The number of piperazine rings is 1. The van der Waals surface area contributed by atoms with E-state index in [0.29, 0.717) is 39.1 Å². The highest BCUT2D eigenvalue weighted by Gasteiger charge is 2.21. The van der Waals surface area contributed by atoms with Crippen LogP contribution in [0.25, 0.3) is 0 Å². The number of anilines is 1. The van der Waals surface area contributed by atoms with Crippen LogP contribution in [0.4, 0.5) is 11.4 Å². The van der Waals surface area contributed by atoms with Crippen molar-refractivity contribution in [2.45, 2.75) is 6.42 Å². The maximum absolute atomic E-state index is 11.9. The molecule has 2 rings (SSSR count). The predicted molar refractivity (Wildman–Crippen MR) is 94.9 cm³/mol. The molecule has 0 saturated carbocycles. The van der Waals surface area contributed by atoms with Gasteiger partial charge in [0.2, 0.25) is 5.91 Å². The number of halogens is 2. The first-order valence-corrected chi connectivity index (χ1v) is 7.03. The van der Waals surface area contributed by atoms with Gasteiger partial charge in [-0.25, -0.2) is 0 Å². The number of nitrogens with one attached hydrogen (secondary N) is 1. The van der Waals surface area contributed by atoms with Crippen molar-refractivity contribution in [1.29, 1.82) is 0 Å². The van der Waals surface area contributed by atoms with E-state index in [1.807, 2.05) is 18.0 Å². The maximum Gasteiger partial charge on any atom is 0.271 e. The molecule has 1 aliphatic heterocycles. The minimum atomic E-state index is -0.388. The van der Waals surface area contributed by atoms with Gasteiger partial charge < -0.3 is 15.1 Å². The second-order valence-electron chi connectivity index (χ2n) is 5.00. The Morgan fingerprint density at radius 1 is 1.26 bits per heavy atom. The van der Waals surface area contributed by atoms with Crippen LogP contribution in [0.1, 0.15) is 6.42 Å². The zero-order valence-corrected chi connectivity index (χ0v) is 14.6. The standard InChI is InChI=1S/C14H20N4O3.2ClH/c1-15-6-5-14(19)17-9-7-16(8-10-17)12-3-2-4-13(11-12)18(20)21;;/h2-4,11,15H,5-10H2,1H3;2*1H. The van der Waals surface area contributed by atoms with Crippen LogP contribution in [0.2, 0.25) is 0 Å². The Morgan fingerprint density at radius 3 is 2.48 bits per heavy atom. The molecule has 0 aliphatic carbocycles. The molecule has 1 N–H and O–H groups in total. The molecule has 9 heteroatoms. The molecular weight excluding hydrogens is 343 g/mol. The number of hydrogen-bond donors (Lipinski definition) is 1. The number of benzene rings is 1. The van der Waals surface area contributed by atoms with Crippen molar-refractivity contribution >= 4 is 42.1 Å². The van der Waals surface area contributed by atoms with Crippen molar-refractivity contribution in [2.75, 3.05) is 44.7 Å². The van der Waals surface area contributed by atoms with Gasteiger partial charge in [-0.15, -0.1) is 24.8 Å². The first kappa shape index (κ1) is 21.4. The van der Waals surface area contributed by atoms with Gasteiger partial charge in [-0.05, 0) is 13.1 Å². The summed E-state index contributed by atoms with van der Waals surface area (Å²) in [6, 6.07) is 6.63. The molecule has 1 aromatic rings. The molecule has 1 aliphatic rings. The van der Waals surface area contributed by atoms with Gasteiger partial charge in [0.05, 0.1) is 4.92 Å². The van der Waals surface area contributed by atoms with Gasteiger partial charge in [0.1, 0.15) is 0 Å². The van der Waals surface area contributed by atoms with Gasteiger partial charge in [0.25, 0.3) is 5.69 Å². The third-order valence-corrected chi connectivity index (χ3v) is 3.63. The normalized spacial score (nSPS) is 13.8. The van der Waals surface area contributed by atoms with Crippen LogP contribution in [0.15, 0.2) is 24.3 Å². The molecule has 1 heterocycles. The van der Waals surface area contributed by atoms with Crippen molar-refractivity contribution in [3.63, 3.8) is 0 Å². The van der Waals surface area contributed by atoms with E-state index in [0.717, 1.165) is 5.69 Å². The van der Waals surface area contributed by atoms with Gasteiger partial charge in [-0.3, -0.25) is 14.9 Å². The number of nitro groups is 1. The number of carbonyl (C=O) groups excluding carboxylic acids is 1. The Bertz CT molecular complexity index is 522. The summed E-state index contributed by atoms with van der Waals surface area (Å²) in [6.45, 7) is 3.40. The molecule has 1 aromatic carbocycles. The van der Waals surface area contributed by atoms with Crippen LogP contribution in [-0.2, 0) is 4.79 Å². The average Bonchev–Trinajstić information content (AvgIpc) is 2.53. The topological polar surface area (TPSA) is 78.7 Å². The minimum Gasteiger partial charge on any atom is -0.368 e. The summed E-state index contributed by atoms with van der Waals surface area (Å²) in [6.07, 6.45) is 0.507. The summed E-state index contributed by atoms with van der Waals surface area (Å²) in [5.74, 6) is 0.156. The number of nitrogens with zero attached hydrogens (tertiary/aromatic N) is 3. The highest BCUT2D eigenvalue weighted by atomic mass is 35.5. The molecule has 0 aromatic heterocycles. The zero-order chi connectivity index (χ0) is 15.2. The Kier molecular flexibility index (Phi) is 9.55. The van der Waals surface area contributed by atoms with Crippen molar-refractivity contribution in [3.8, 4) is 0 Å². The van der Waals surface area contributed by atoms with E-state index in [-0.39, 0.29) is 41.3 Å². The number of amides is 1. The highest BCUT2D eigenvalue weighted by molar-refractivity contribution is 5.85. The van der Waals surface area contributed by atoms with Crippen LogP contribution in [-0.4, -0.2) is 55.5 Å². The van der Waals surface area contributed by atoms with Gasteiger partial charge in [0, 0.05) is 57.0 Å². The molecule has 0 bridgehead atoms. The number of nitro benzene ring substituents is 1. The Balaban J connectivity index is 0.00000242. The fraction of sp³-hybridized carbons (Fsp3) is 0.500. The lowest BCUT2D eigenvalue weighted by atomic mass is 10.2. The van der Waals surface area contributed by atoms with Crippen molar-refractivity contribution in [2.24, 2.45) is 0 Å². The zero-order valence-electron chi connectivity index (χ0n) is 12.9. The van der Waals surface area contributed by atoms with Crippen molar-refractivity contribution < 1.29 is 9.72 Å². The number of non-ortho nitro benzene ring substituents is 1. The molecule has 0 spiro atoms. The lowest BCUT2D eigenvalue weighted by molar-refractivity contribution is -0.384. The van der Waals surface area contributed by atoms with Gasteiger partial charge in [-0.1, -0.05) is 6.07 Å². The largest absolute Gasteiger partial charge is 0.368 e. The Hall–Kier alpha value is -1.57. The fourth-order valence-corrected chi connectivity index (χ4v) is 2.41. The minimum absolute atomic E-state index is 0. The molecule has 1 amide bonds. The Morgan fingerprint density at radius 2 is 1.91 bits per heavy atom. The molecule has 0 unspecified atom stereocenters. The summed E-state index contributed by atoms with van der Waals surface area (Å²) in [5.41, 5.74) is 0.937. The molecule has 0 radical (unpaired) electrons. The summed E-state index contributed by atoms with van der Waals surface area (Å²) < 4.78 is 0. The summed E-state index contributed by atoms with van der Waals surface area (Å²) >= 11 is 0. The molecule has 7 nitrogen and oxygen atoms in total. The van der Waals surface area contributed by atoms with Crippen molar-refractivity contribution in [1.82, 2.24) is 10.2 Å². The highest BCUT2D eigenvalue weighted by Crippen LogP contribution is 2.22. The third-order valence-electron chi connectivity index (χ3n) is 3.63. The average molecular weight is 365 g/mol. The third kappa shape index (κ3) is 5.85. The molecule has 130 valence electrons. The summed E-state index contributed by atoms with van der Waals surface area (Å²) in [7, 11) is 1.83. The number of hydrogen-bond acceptors (Lipinski definition) is 5. The Labute approximate surface area is 148 Å². The van der Waals surface area contributed by atoms with Crippen LogP contribution in [0.3, 0.4) is 0 Å². The molecule has 23 heavy (non-hydrogen) atoms. The lowest BCUT2D eigenvalue weighted by Crippen LogP contribution is -2.49. The first-order valence-electron chi connectivity index (χ1n) is 7.03. The van der Waals surface area contributed by atoms with E-state index >= 15 is 0 Å². The van der Waals surface area contributed by atoms with Crippen LogP contribution in [0, 0.1) is 10.1 Å². The van der Waals surface area contributed by atoms with E-state index in [9.17, 15) is 14.9 Å². The molecule has 1 fully saturated rings. The maximum atomic E-state index is 11.9. The van der Waals surface area contributed by atoms with Crippen LogP contribution < -0.4 is 10.2 Å². The summed E-state index contributed by atoms with van der Waals surface area (Å²) in [5, 5.41) is 13.8. The second-order valence-corrected chi connectivity index (χ2v) is 5.00. The monoisotopic (exact) mass is 364 g/mol. The van der Waals surface area contributed by atoms with Crippen molar-refractivity contribution in [3.05, 3.63) is 34.4 Å².